The van der Waals surface area contributed by atoms with Crippen LogP contribution in [0.3, 0.4) is 0 Å². The molecule has 0 N–H and O–H groups in total. The maximum atomic E-state index is 5.51. The Morgan fingerprint density at radius 1 is 1.27 bits per heavy atom. The molecule has 1 aliphatic rings. The van der Waals surface area contributed by atoms with E-state index in [9.17, 15) is 0 Å². The molecule has 1 saturated carbocycles. The van der Waals surface area contributed by atoms with Crippen LogP contribution < -0.4 is 0 Å². The molecule has 0 spiro atoms. The van der Waals surface area contributed by atoms with E-state index in [2.05, 4.69) is 34.2 Å². The maximum Gasteiger partial charge on any atom is 0.260 e. The lowest BCUT2D eigenvalue weighted by Gasteiger charge is -2.07. The van der Waals surface area contributed by atoms with Crippen molar-refractivity contribution in [2.45, 2.75) is 25.2 Å². The first-order valence-corrected chi connectivity index (χ1v) is 7.41. The molecule has 0 amide bonds. The Bertz CT molecular complexity index is 837. The zero-order chi connectivity index (χ0) is 15.2. The predicted molar refractivity (Wildman–Crippen MR) is 82.6 cm³/mol. The molecule has 0 unspecified atom stereocenters. The molecule has 3 aromatic rings. The van der Waals surface area contributed by atoms with Gasteiger partial charge in [-0.3, -0.25) is 4.98 Å². The van der Waals surface area contributed by atoms with E-state index in [0.717, 1.165) is 35.1 Å². The second-order valence-corrected chi connectivity index (χ2v) is 5.97. The van der Waals surface area contributed by atoms with Crippen molar-refractivity contribution in [1.82, 2.24) is 15.1 Å². The highest BCUT2D eigenvalue weighted by Crippen LogP contribution is 2.47. The minimum Gasteiger partial charge on any atom is -0.384 e. The van der Waals surface area contributed by atoms with Gasteiger partial charge in [0, 0.05) is 18.7 Å². The van der Waals surface area contributed by atoms with Gasteiger partial charge in [-0.2, -0.15) is 4.98 Å². The molecule has 5 heteroatoms. The molecule has 2 heterocycles. The molecule has 0 aliphatic heterocycles. The summed E-state index contributed by atoms with van der Waals surface area (Å²) in [5.41, 5.74) is 2.91. The van der Waals surface area contributed by atoms with Gasteiger partial charge < -0.3 is 9.26 Å². The lowest BCUT2D eigenvalue weighted by atomic mass is 10.0. The van der Waals surface area contributed by atoms with E-state index in [-0.39, 0.29) is 5.41 Å². The molecule has 1 aliphatic carbocycles. The molecule has 0 atom stereocenters. The van der Waals surface area contributed by atoms with Crippen molar-refractivity contribution < 1.29 is 9.26 Å². The fourth-order valence-corrected chi connectivity index (χ4v) is 2.90. The summed E-state index contributed by atoms with van der Waals surface area (Å²) in [6.45, 7) is 2.71. The highest BCUT2D eigenvalue weighted by Gasteiger charge is 2.48. The lowest BCUT2D eigenvalue weighted by Crippen LogP contribution is -2.15. The summed E-state index contributed by atoms with van der Waals surface area (Å²) in [5.74, 6) is 1.27. The van der Waals surface area contributed by atoms with Crippen LogP contribution in [0.4, 0.5) is 0 Å². The molecule has 1 aromatic carbocycles. The van der Waals surface area contributed by atoms with Crippen molar-refractivity contribution in [3.63, 3.8) is 0 Å². The number of aryl methyl sites for hydroxylation is 1. The number of pyridine rings is 1. The van der Waals surface area contributed by atoms with Crippen LogP contribution in [0.25, 0.3) is 22.4 Å². The number of benzene rings is 1. The van der Waals surface area contributed by atoms with Gasteiger partial charge in [-0.25, -0.2) is 0 Å². The number of rotatable bonds is 4. The van der Waals surface area contributed by atoms with Crippen LogP contribution in [0.2, 0.25) is 0 Å². The average molecular weight is 295 g/mol. The summed E-state index contributed by atoms with van der Waals surface area (Å²) in [5, 5.41) is 5.29. The number of nitrogens with zero attached hydrogens (tertiary/aromatic N) is 3. The lowest BCUT2D eigenvalue weighted by molar-refractivity contribution is 0.167. The van der Waals surface area contributed by atoms with Crippen molar-refractivity contribution in [3.05, 3.63) is 41.9 Å². The molecule has 0 radical (unpaired) electrons. The van der Waals surface area contributed by atoms with E-state index in [1.165, 1.54) is 5.56 Å². The number of fused-ring (bicyclic) bond motifs is 1. The fraction of sp³-hybridized carbons (Fsp3) is 0.353. The molecule has 5 nitrogen and oxygen atoms in total. The summed E-state index contributed by atoms with van der Waals surface area (Å²) >= 11 is 0. The second-order valence-electron chi connectivity index (χ2n) is 5.97. The van der Waals surface area contributed by atoms with E-state index < -0.39 is 0 Å². The van der Waals surface area contributed by atoms with Crippen LogP contribution >= 0.6 is 0 Å². The SMILES string of the molecule is COCC1(c2noc(-c3ccc(C)c4cccnc34)n2)CC1. The van der Waals surface area contributed by atoms with Crippen LogP contribution in [-0.2, 0) is 10.2 Å². The Hall–Kier alpha value is -2.27. The number of ether oxygens (including phenoxy) is 1. The summed E-state index contributed by atoms with van der Waals surface area (Å²) in [6.07, 6.45) is 3.88. The summed E-state index contributed by atoms with van der Waals surface area (Å²) in [4.78, 5) is 9.10. The van der Waals surface area contributed by atoms with Crippen LogP contribution in [0.15, 0.2) is 35.0 Å². The van der Waals surface area contributed by atoms with Crippen molar-refractivity contribution >= 4 is 10.9 Å². The highest BCUT2D eigenvalue weighted by atomic mass is 16.5. The van der Waals surface area contributed by atoms with Gasteiger partial charge in [-0.05, 0) is 37.5 Å². The van der Waals surface area contributed by atoms with Crippen molar-refractivity contribution in [1.29, 1.82) is 0 Å². The smallest absolute Gasteiger partial charge is 0.260 e. The number of hydrogen-bond acceptors (Lipinski definition) is 5. The van der Waals surface area contributed by atoms with E-state index >= 15 is 0 Å². The van der Waals surface area contributed by atoms with E-state index in [4.69, 9.17) is 9.26 Å². The van der Waals surface area contributed by atoms with Crippen LogP contribution in [0, 0.1) is 6.92 Å². The Balaban J connectivity index is 1.81. The van der Waals surface area contributed by atoms with Gasteiger partial charge >= 0.3 is 0 Å². The van der Waals surface area contributed by atoms with Crippen LogP contribution in [0.5, 0.6) is 0 Å². The Kier molecular flexibility index (Phi) is 2.97. The standard InChI is InChI=1S/C17H17N3O2/c1-11-5-6-13(14-12(11)4-3-9-18-14)15-19-16(20-22-15)17(7-8-17)10-21-2/h3-6,9H,7-8,10H2,1-2H3. The van der Waals surface area contributed by atoms with Crippen molar-refractivity contribution in [2.24, 2.45) is 0 Å². The van der Waals surface area contributed by atoms with E-state index in [1.807, 2.05) is 12.1 Å². The van der Waals surface area contributed by atoms with Gasteiger partial charge in [0.05, 0.1) is 23.1 Å². The van der Waals surface area contributed by atoms with Gasteiger partial charge in [0.1, 0.15) is 0 Å². The normalized spacial score (nSPS) is 16.1. The van der Waals surface area contributed by atoms with Gasteiger partial charge in [0.15, 0.2) is 5.82 Å². The fourth-order valence-electron chi connectivity index (χ4n) is 2.90. The van der Waals surface area contributed by atoms with Crippen LogP contribution in [0.1, 0.15) is 24.2 Å². The highest BCUT2D eigenvalue weighted by molar-refractivity contribution is 5.93. The third-order valence-electron chi connectivity index (χ3n) is 4.39. The van der Waals surface area contributed by atoms with Gasteiger partial charge in [-0.15, -0.1) is 0 Å². The first kappa shape index (κ1) is 13.4. The quantitative estimate of drug-likeness (QED) is 0.739. The Morgan fingerprint density at radius 3 is 2.91 bits per heavy atom. The summed E-state index contributed by atoms with van der Waals surface area (Å²) in [7, 11) is 1.71. The largest absolute Gasteiger partial charge is 0.384 e. The molecular weight excluding hydrogens is 278 g/mol. The van der Waals surface area contributed by atoms with E-state index in [0.29, 0.717) is 12.5 Å². The minimum atomic E-state index is -0.0512. The van der Waals surface area contributed by atoms with Gasteiger partial charge in [0.2, 0.25) is 0 Å². The number of aromatic nitrogens is 3. The summed E-state index contributed by atoms with van der Waals surface area (Å²) in [6, 6.07) is 8.06. The zero-order valence-corrected chi connectivity index (χ0v) is 12.7. The monoisotopic (exact) mass is 295 g/mol. The van der Waals surface area contributed by atoms with Crippen molar-refractivity contribution in [3.8, 4) is 11.5 Å². The third-order valence-corrected chi connectivity index (χ3v) is 4.39. The molecule has 2 aromatic heterocycles. The second kappa shape index (κ2) is 4.88. The first-order valence-electron chi connectivity index (χ1n) is 7.41. The van der Waals surface area contributed by atoms with Gasteiger partial charge in [0.25, 0.3) is 5.89 Å². The summed E-state index contributed by atoms with van der Waals surface area (Å²) < 4.78 is 10.8. The molecule has 0 bridgehead atoms. The topological polar surface area (TPSA) is 61.0 Å². The molecular formula is C17H17N3O2. The molecule has 112 valence electrons. The molecule has 22 heavy (non-hydrogen) atoms. The third kappa shape index (κ3) is 2.01. The molecule has 0 saturated heterocycles. The minimum absolute atomic E-state index is 0.0512. The first-order chi connectivity index (χ1) is 10.7. The van der Waals surface area contributed by atoms with E-state index in [1.54, 1.807) is 13.3 Å². The maximum absolute atomic E-state index is 5.51. The average Bonchev–Trinajstić information content (AvgIpc) is 3.15. The Labute approximate surface area is 128 Å². The van der Waals surface area contributed by atoms with Crippen molar-refractivity contribution in [2.75, 3.05) is 13.7 Å². The Morgan fingerprint density at radius 2 is 2.14 bits per heavy atom. The molecule has 4 rings (SSSR count). The number of methoxy groups -OCH3 is 1. The zero-order valence-electron chi connectivity index (χ0n) is 12.7. The number of hydrogen-bond donors (Lipinski definition) is 0. The molecule has 1 fully saturated rings. The van der Waals surface area contributed by atoms with Gasteiger partial charge in [-0.1, -0.05) is 17.3 Å². The predicted octanol–water partition coefficient (Wildman–Crippen LogP) is 3.27. The van der Waals surface area contributed by atoms with Crippen LogP contribution in [-0.4, -0.2) is 28.8 Å².